The average Bonchev–Trinajstić information content (AvgIpc) is 2.32. The zero-order chi connectivity index (χ0) is 11.7. The maximum atomic E-state index is 11.6. The molecule has 0 aromatic carbocycles. The van der Waals surface area contributed by atoms with E-state index in [9.17, 15) is 13.6 Å². The molecule has 82 valence electrons. The minimum atomic E-state index is -2.25. The van der Waals surface area contributed by atoms with Crippen molar-refractivity contribution in [2.45, 2.75) is 12.7 Å². The topological polar surface area (TPSA) is 93.1 Å². The van der Waals surface area contributed by atoms with Crippen LogP contribution in [-0.2, 0) is 9.47 Å². The Morgan fingerprint density at radius 2 is 1.43 bits per heavy atom. The molecule has 1 saturated heterocycles. The van der Waals surface area contributed by atoms with Gasteiger partial charge in [0.1, 0.15) is 0 Å². The van der Waals surface area contributed by atoms with E-state index in [2.05, 4.69) is 22.6 Å². The summed E-state index contributed by atoms with van der Waals surface area (Å²) >= 11 is 0. The fourth-order valence-corrected chi connectivity index (χ4v) is 0.319. The smallest absolute Gasteiger partial charge is 0.450 e. The van der Waals surface area contributed by atoms with Gasteiger partial charge in [-0.25, -0.2) is 9.59 Å². The van der Waals surface area contributed by atoms with Gasteiger partial charge in [-0.3, -0.25) is 0 Å². The Morgan fingerprint density at radius 1 is 1.21 bits per heavy atom. The molecule has 0 bridgehead atoms. The third-order valence-electron chi connectivity index (χ3n) is 0.624. The van der Waals surface area contributed by atoms with Crippen molar-refractivity contribution in [3.8, 4) is 0 Å². The molecule has 2 N–H and O–H groups in total. The Balaban J connectivity index is 0. The third-order valence-corrected chi connectivity index (χ3v) is 0.624. The normalized spacial score (nSPS) is 22.9. The van der Waals surface area contributed by atoms with Crippen LogP contribution in [0.15, 0.2) is 13.2 Å². The van der Waals surface area contributed by atoms with E-state index in [1.165, 1.54) is 0 Å². The molecule has 14 heavy (non-hydrogen) atoms. The van der Waals surface area contributed by atoms with Crippen LogP contribution in [0.1, 0.15) is 0 Å². The average molecular weight is 214 g/mol. The van der Waals surface area contributed by atoms with E-state index >= 15 is 0 Å². The molecule has 1 rings (SSSR count). The second-order valence-electron chi connectivity index (χ2n) is 1.47. The van der Waals surface area contributed by atoms with Gasteiger partial charge in [0.15, 0.2) is 0 Å². The number of alkyl halides is 2. The van der Waals surface area contributed by atoms with Gasteiger partial charge < -0.3 is 19.7 Å². The lowest BCUT2D eigenvalue weighted by molar-refractivity contribution is -0.0349. The first-order valence-electron chi connectivity index (χ1n) is 3.00. The standard InChI is InChI=1S/C3H2F2O3.C2H4.CH2O3/c4-1-2(5)8-3(6)7-1;1-2;2-1(3)4/h1-2H;1-2H2;(H2,2,3,4). The molecular formula is C6H8F2O6. The molecule has 2 unspecified atom stereocenters. The molecule has 1 aliphatic rings. The Hall–Kier alpha value is -1.86. The molecule has 0 saturated carbocycles. The number of carboxylic acid groups (broad SMARTS) is 2. The monoisotopic (exact) mass is 214 g/mol. The van der Waals surface area contributed by atoms with E-state index in [0.29, 0.717) is 0 Å². The van der Waals surface area contributed by atoms with E-state index in [1.807, 2.05) is 0 Å². The van der Waals surface area contributed by atoms with Gasteiger partial charge in [-0.05, 0) is 0 Å². The van der Waals surface area contributed by atoms with Crippen molar-refractivity contribution in [2.24, 2.45) is 0 Å². The molecular weight excluding hydrogens is 206 g/mol. The summed E-state index contributed by atoms with van der Waals surface area (Å²) in [6, 6.07) is 0. The molecule has 0 aromatic rings. The van der Waals surface area contributed by atoms with Gasteiger partial charge in [-0.2, -0.15) is 8.78 Å². The molecule has 0 aliphatic carbocycles. The maximum absolute atomic E-state index is 11.6. The molecule has 2 atom stereocenters. The van der Waals surface area contributed by atoms with Crippen LogP contribution < -0.4 is 0 Å². The summed E-state index contributed by atoms with van der Waals surface area (Å²) in [6.45, 7) is 6.00. The third kappa shape index (κ3) is 8.24. The number of cyclic esters (lactones) is 2. The molecule has 0 spiro atoms. The van der Waals surface area contributed by atoms with Crippen molar-refractivity contribution in [3.05, 3.63) is 13.2 Å². The Labute approximate surface area is 77.3 Å². The van der Waals surface area contributed by atoms with Gasteiger partial charge in [0.05, 0.1) is 0 Å². The van der Waals surface area contributed by atoms with Crippen LogP contribution in [0.3, 0.4) is 0 Å². The largest absolute Gasteiger partial charge is 0.513 e. The molecule has 1 aliphatic heterocycles. The first-order valence-corrected chi connectivity index (χ1v) is 3.00. The van der Waals surface area contributed by atoms with Crippen LogP contribution in [0.4, 0.5) is 18.4 Å². The Kier molecular flexibility index (Phi) is 8.13. The van der Waals surface area contributed by atoms with Crippen LogP contribution in [0.25, 0.3) is 0 Å². The molecule has 0 radical (unpaired) electrons. The quantitative estimate of drug-likeness (QED) is 0.471. The summed E-state index contributed by atoms with van der Waals surface area (Å²) in [5.41, 5.74) is 0. The van der Waals surface area contributed by atoms with Crippen molar-refractivity contribution in [1.82, 2.24) is 0 Å². The number of ether oxygens (including phenoxy) is 2. The van der Waals surface area contributed by atoms with E-state index in [1.54, 1.807) is 0 Å². The Morgan fingerprint density at radius 3 is 1.50 bits per heavy atom. The van der Waals surface area contributed by atoms with Crippen molar-refractivity contribution in [2.75, 3.05) is 0 Å². The molecule has 1 fully saturated rings. The SMILES string of the molecule is C=C.O=C(O)O.O=C1OC(F)C(F)O1. The lowest BCUT2D eigenvalue weighted by atomic mass is 10.7. The van der Waals surface area contributed by atoms with Crippen molar-refractivity contribution in [3.63, 3.8) is 0 Å². The predicted molar refractivity (Wildman–Crippen MR) is 39.3 cm³/mol. The fourth-order valence-electron chi connectivity index (χ4n) is 0.319. The molecule has 0 aromatic heterocycles. The number of carbonyl (C=O) groups excluding carboxylic acids is 1. The van der Waals surface area contributed by atoms with Gasteiger partial charge in [-0.1, -0.05) is 0 Å². The van der Waals surface area contributed by atoms with E-state index in [4.69, 9.17) is 15.0 Å². The summed E-state index contributed by atoms with van der Waals surface area (Å²) in [5.74, 6) is 0. The van der Waals surface area contributed by atoms with Gasteiger partial charge >= 0.3 is 25.0 Å². The maximum Gasteiger partial charge on any atom is 0.513 e. The van der Waals surface area contributed by atoms with Crippen molar-refractivity contribution >= 4 is 12.3 Å². The van der Waals surface area contributed by atoms with Crippen LogP contribution in [0, 0.1) is 0 Å². The number of rotatable bonds is 0. The minimum Gasteiger partial charge on any atom is -0.450 e. The first-order chi connectivity index (χ1) is 6.43. The zero-order valence-electron chi connectivity index (χ0n) is 6.85. The number of hydrogen-bond donors (Lipinski definition) is 2. The van der Waals surface area contributed by atoms with Gasteiger partial charge in [-0.15, -0.1) is 13.2 Å². The Bertz CT molecular complexity index is 181. The number of hydrogen-bond acceptors (Lipinski definition) is 4. The minimum absolute atomic E-state index is 1.30. The van der Waals surface area contributed by atoms with Gasteiger partial charge in [0, 0.05) is 0 Å². The summed E-state index contributed by atoms with van der Waals surface area (Å²) < 4.78 is 30.4. The lowest BCUT2D eigenvalue weighted by Gasteiger charge is -1.92. The van der Waals surface area contributed by atoms with Crippen LogP contribution in [0.2, 0.25) is 0 Å². The van der Waals surface area contributed by atoms with E-state index in [0.717, 1.165) is 0 Å². The predicted octanol–water partition coefficient (Wildman–Crippen LogP) is 1.77. The van der Waals surface area contributed by atoms with Crippen LogP contribution in [-0.4, -0.2) is 35.2 Å². The molecule has 0 amide bonds. The summed E-state index contributed by atoms with van der Waals surface area (Å²) in [7, 11) is 0. The summed E-state index contributed by atoms with van der Waals surface area (Å²) in [6.07, 6.45) is -7.63. The zero-order valence-corrected chi connectivity index (χ0v) is 6.85. The lowest BCUT2D eigenvalue weighted by Crippen LogP contribution is -2.09. The van der Waals surface area contributed by atoms with E-state index in [-0.39, 0.29) is 0 Å². The van der Waals surface area contributed by atoms with Crippen molar-refractivity contribution in [1.29, 1.82) is 0 Å². The van der Waals surface area contributed by atoms with Crippen LogP contribution in [0.5, 0.6) is 0 Å². The molecule has 8 heteroatoms. The number of halogens is 2. The van der Waals surface area contributed by atoms with Crippen LogP contribution >= 0.6 is 0 Å². The highest BCUT2D eigenvalue weighted by molar-refractivity contribution is 5.61. The molecule has 6 nitrogen and oxygen atoms in total. The fraction of sp³-hybridized carbons (Fsp3) is 0.333. The second-order valence-corrected chi connectivity index (χ2v) is 1.47. The highest BCUT2D eigenvalue weighted by Gasteiger charge is 2.36. The van der Waals surface area contributed by atoms with E-state index < -0.39 is 25.0 Å². The molecule has 1 heterocycles. The number of carbonyl (C=O) groups is 2. The highest BCUT2D eigenvalue weighted by atomic mass is 19.2. The van der Waals surface area contributed by atoms with Gasteiger partial charge in [0.2, 0.25) is 0 Å². The summed E-state index contributed by atoms with van der Waals surface area (Å²) in [5, 5.41) is 13.9. The van der Waals surface area contributed by atoms with Crippen molar-refractivity contribution < 1.29 is 38.1 Å². The first kappa shape index (κ1) is 14.7. The van der Waals surface area contributed by atoms with Gasteiger partial charge in [0.25, 0.3) is 0 Å². The second kappa shape index (κ2) is 7.77. The highest BCUT2D eigenvalue weighted by Crippen LogP contribution is 2.16. The summed E-state index contributed by atoms with van der Waals surface area (Å²) in [4.78, 5) is 18.3.